The number of hydrogen-bond acceptors (Lipinski definition) is 5. The van der Waals surface area contributed by atoms with E-state index in [1.54, 1.807) is 12.1 Å². The average molecular weight is 415 g/mol. The third-order valence-corrected chi connectivity index (χ3v) is 6.74. The number of rotatable bonds is 8. The topological polar surface area (TPSA) is 114 Å². The molecule has 2 saturated carbocycles. The number of nitrogens with one attached hydrogen (secondary N) is 1. The van der Waals surface area contributed by atoms with Crippen LogP contribution in [0.1, 0.15) is 57.6 Å². The predicted molar refractivity (Wildman–Crippen MR) is 114 cm³/mol. The molecule has 0 spiro atoms. The highest BCUT2D eigenvalue weighted by molar-refractivity contribution is 5.95. The molecule has 0 radical (unpaired) electrons. The van der Waals surface area contributed by atoms with Crippen LogP contribution in [0.15, 0.2) is 32.4 Å². The molecule has 0 saturated heterocycles. The Kier molecular flexibility index (Phi) is 5.83. The second-order valence-corrected chi connectivity index (χ2v) is 8.70. The Balaban J connectivity index is 1.68. The normalized spacial score (nSPS) is 22.5. The van der Waals surface area contributed by atoms with Crippen molar-refractivity contribution in [3.63, 3.8) is 0 Å². The van der Waals surface area contributed by atoms with Crippen LogP contribution in [-0.2, 0) is 17.9 Å². The van der Waals surface area contributed by atoms with Gasteiger partial charge in [-0.2, -0.15) is 0 Å². The van der Waals surface area contributed by atoms with Gasteiger partial charge in [-0.25, -0.2) is 4.79 Å². The van der Waals surface area contributed by atoms with Gasteiger partial charge in [0.2, 0.25) is 5.91 Å². The van der Waals surface area contributed by atoms with Gasteiger partial charge in [-0.1, -0.05) is 19.8 Å². The van der Waals surface area contributed by atoms with Crippen LogP contribution in [0.2, 0.25) is 0 Å². The molecule has 2 aromatic heterocycles. The summed E-state index contributed by atoms with van der Waals surface area (Å²) in [7, 11) is 0. The molecule has 3 N–H and O–H groups in total. The molecule has 0 aliphatic heterocycles. The summed E-state index contributed by atoms with van der Waals surface area (Å²) < 4.78 is 6.79. The molecule has 4 rings (SSSR count). The number of unbranched alkanes of at least 4 members (excludes halogenated alkanes) is 1. The van der Waals surface area contributed by atoms with Crippen molar-refractivity contribution in [2.24, 2.45) is 17.8 Å². The Morgan fingerprint density at radius 2 is 2.17 bits per heavy atom. The zero-order valence-electron chi connectivity index (χ0n) is 17.4. The zero-order chi connectivity index (χ0) is 21.3. The summed E-state index contributed by atoms with van der Waals surface area (Å²) in [4.78, 5) is 42.2. The molecule has 0 aromatic carbocycles. The van der Waals surface area contributed by atoms with Crippen LogP contribution in [0.3, 0.4) is 0 Å². The lowest BCUT2D eigenvalue weighted by Crippen LogP contribution is -2.41. The van der Waals surface area contributed by atoms with E-state index in [9.17, 15) is 14.4 Å². The monoisotopic (exact) mass is 414 g/mol. The summed E-state index contributed by atoms with van der Waals surface area (Å²) in [6.07, 6.45) is 8.27. The molecular formula is C22H30N4O4. The van der Waals surface area contributed by atoms with E-state index < -0.39 is 11.2 Å². The lowest BCUT2D eigenvalue weighted by molar-refractivity contribution is -0.120. The number of amides is 1. The van der Waals surface area contributed by atoms with E-state index >= 15 is 0 Å². The molecule has 3 atom stereocenters. The summed E-state index contributed by atoms with van der Waals surface area (Å²) in [6.45, 7) is 2.50. The van der Waals surface area contributed by atoms with Crippen molar-refractivity contribution in [2.75, 3.05) is 10.6 Å². The Labute approximate surface area is 175 Å². The molecule has 30 heavy (non-hydrogen) atoms. The van der Waals surface area contributed by atoms with Crippen LogP contribution >= 0.6 is 0 Å². The van der Waals surface area contributed by atoms with Crippen molar-refractivity contribution >= 4 is 17.4 Å². The smallest absolute Gasteiger partial charge is 0.330 e. The van der Waals surface area contributed by atoms with Crippen LogP contribution < -0.4 is 21.9 Å². The number of furan rings is 1. The number of carbonyl (C=O) groups excluding carboxylic acids is 1. The first-order valence-electron chi connectivity index (χ1n) is 10.9. The summed E-state index contributed by atoms with van der Waals surface area (Å²) in [5.74, 6) is 2.12. The van der Waals surface area contributed by atoms with Crippen LogP contribution in [0, 0.1) is 17.8 Å². The van der Waals surface area contributed by atoms with Gasteiger partial charge in [-0.3, -0.25) is 24.0 Å². The fourth-order valence-corrected chi connectivity index (χ4v) is 5.19. The molecule has 2 fully saturated rings. The SMILES string of the molecule is CCCCn1c(N)c(N(Cc2ccco2)C(=O)CC2CC3CCC2C3)c(=O)[nH]c1=O. The van der Waals surface area contributed by atoms with Crippen LogP contribution in [0.4, 0.5) is 11.5 Å². The van der Waals surface area contributed by atoms with Gasteiger partial charge in [0, 0.05) is 13.0 Å². The number of nitrogens with zero attached hydrogens (tertiary/aromatic N) is 2. The number of nitrogens with two attached hydrogens (primary N) is 1. The van der Waals surface area contributed by atoms with Gasteiger partial charge in [0.05, 0.1) is 12.8 Å². The summed E-state index contributed by atoms with van der Waals surface area (Å²) in [5, 5.41) is 0. The minimum atomic E-state index is -0.641. The molecule has 2 heterocycles. The lowest BCUT2D eigenvalue weighted by atomic mass is 9.86. The number of carbonyl (C=O) groups is 1. The molecule has 8 nitrogen and oxygen atoms in total. The van der Waals surface area contributed by atoms with Crippen molar-refractivity contribution in [1.82, 2.24) is 9.55 Å². The highest BCUT2D eigenvalue weighted by atomic mass is 16.3. The number of aromatic nitrogens is 2. The van der Waals surface area contributed by atoms with Gasteiger partial charge >= 0.3 is 5.69 Å². The van der Waals surface area contributed by atoms with E-state index in [2.05, 4.69) is 4.98 Å². The summed E-state index contributed by atoms with van der Waals surface area (Å²) in [5.41, 5.74) is 5.13. The Bertz CT molecular complexity index is 1010. The van der Waals surface area contributed by atoms with Crippen LogP contribution in [-0.4, -0.2) is 15.5 Å². The van der Waals surface area contributed by atoms with Gasteiger partial charge in [-0.15, -0.1) is 0 Å². The summed E-state index contributed by atoms with van der Waals surface area (Å²) >= 11 is 0. The highest BCUT2D eigenvalue weighted by Crippen LogP contribution is 2.49. The van der Waals surface area contributed by atoms with Crippen LogP contribution in [0.5, 0.6) is 0 Å². The quantitative estimate of drug-likeness (QED) is 0.689. The molecule has 162 valence electrons. The maximum atomic E-state index is 13.4. The maximum Gasteiger partial charge on any atom is 0.330 e. The predicted octanol–water partition coefficient (Wildman–Crippen LogP) is 2.87. The zero-order valence-corrected chi connectivity index (χ0v) is 17.4. The fraction of sp³-hybridized carbons (Fsp3) is 0.591. The van der Waals surface area contributed by atoms with E-state index in [1.807, 2.05) is 6.92 Å². The standard InChI is InChI=1S/C22H30N4O4/c1-2-3-8-25-20(23)19(21(28)24-22(25)29)26(13-17-5-4-9-30-17)18(27)12-16-11-14-6-7-15(16)10-14/h4-5,9,14-16H,2-3,6-8,10-13,23H2,1H3,(H,24,28,29). The molecule has 2 aliphatic carbocycles. The second kappa shape index (κ2) is 8.53. The van der Waals surface area contributed by atoms with Crippen molar-refractivity contribution in [2.45, 2.75) is 65.0 Å². The first kappa shape index (κ1) is 20.5. The molecule has 2 aromatic rings. The maximum absolute atomic E-state index is 13.4. The molecule has 2 bridgehead atoms. The Morgan fingerprint density at radius 1 is 1.33 bits per heavy atom. The lowest BCUT2D eigenvalue weighted by Gasteiger charge is -2.27. The first-order chi connectivity index (χ1) is 14.5. The van der Waals surface area contributed by atoms with Gasteiger partial charge in [-0.05, 0) is 55.6 Å². The highest BCUT2D eigenvalue weighted by Gasteiger charge is 2.41. The minimum Gasteiger partial charge on any atom is -0.467 e. The van der Waals surface area contributed by atoms with E-state index in [0.717, 1.165) is 25.2 Å². The molecule has 3 unspecified atom stereocenters. The average Bonchev–Trinajstić information content (AvgIpc) is 3.45. The van der Waals surface area contributed by atoms with Crippen molar-refractivity contribution < 1.29 is 9.21 Å². The third-order valence-electron chi connectivity index (χ3n) is 6.74. The van der Waals surface area contributed by atoms with Gasteiger partial charge in [0.1, 0.15) is 11.6 Å². The van der Waals surface area contributed by atoms with E-state index in [4.69, 9.17) is 10.2 Å². The van der Waals surface area contributed by atoms with Crippen molar-refractivity contribution in [1.29, 1.82) is 0 Å². The Morgan fingerprint density at radius 3 is 2.80 bits per heavy atom. The Hall–Kier alpha value is -2.77. The second-order valence-electron chi connectivity index (χ2n) is 8.70. The van der Waals surface area contributed by atoms with Gasteiger partial charge in [0.15, 0.2) is 5.69 Å². The van der Waals surface area contributed by atoms with E-state index in [0.29, 0.717) is 30.6 Å². The van der Waals surface area contributed by atoms with Crippen molar-refractivity contribution in [3.05, 3.63) is 45.0 Å². The number of nitrogen functional groups attached to an aromatic ring is 1. The van der Waals surface area contributed by atoms with E-state index in [-0.39, 0.29) is 24.0 Å². The largest absolute Gasteiger partial charge is 0.467 e. The van der Waals surface area contributed by atoms with Crippen LogP contribution in [0.25, 0.3) is 0 Å². The first-order valence-corrected chi connectivity index (χ1v) is 10.9. The number of anilines is 2. The summed E-state index contributed by atoms with van der Waals surface area (Å²) in [6, 6.07) is 3.50. The number of fused-ring (bicyclic) bond motifs is 2. The van der Waals surface area contributed by atoms with Crippen molar-refractivity contribution in [3.8, 4) is 0 Å². The number of hydrogen-bond donors (Lipinski definition) is 2. The number of aromatic amines is 1. The fourth-order valence-electron chi connectivity index (χ4n) is 5.19. The third kappa shape index (κ3) is 3.95. The molecule has 1 amide bonds. The molecule has 2 aliphatic rings. The minimum absolute atomic E-state index is 0.0325. The molecular weight excluding hydrogens is 384 g/mol. The number of H-pyrrole nitrogens is 1. The molecule has 8 heteroatoms. The van der Waals surface area contributed by atoms with Gasteiger partial charge in [0.25, 0.3) is 5.56 Å². The van der Waals surface area contributed by atoms with Gasteiger partial charge < -0.3 is 10.2 Å². The van der Waals surface area contributed by atoms with E-state index in [1.165, 1.54) is 35.0 Å².